The molecule has 1 saturated heterocycles. The van der Waals surface area contributed by atoms with Crippen LogP contribution in [0.25, 0.3) is 0 Å². The molecule has 1 aliphatic heterocycles. The fraction of sp³-hybridized carbons (Fsp3) is 0.389. The average molecular weight is 360 g/mol. The number of thiazole rings is 1. The molecule has 0 spiro atoms. The van der Waals surface area contributed by atoms with Gasteiger partial charge in [0, 0.05) is 17.5 Å². The molecule has 2 aromatic rings. The lowest BCUT2D eigenvalue weighted by atomic mass is 10.0. The number of ether oxygens (including phenoxy) is 2. The molecule has 0 aliphatic carbocycles. The Labute approximate surface area is 150 Å². The number of rotatable bonds is 5. The molecule has 1 unspecified atom stereocenters. The number of piperidine rings is 1. The van der Waals surface area contributed by atoms with E-state index < -0.39 is 6.04 Å². The van der Waals surface area contributed by atoms with Crippen LogP contribution in [0.3, 0.4) is 0 Å². The number of esters is 1. The summed E-state index contributed by atoms with van der Waals surface area (Å²) >= 11 is 1.52. The number of carbonyl (C=O) groups excluding carboxylic acids is 2. The van der Waals surface area contributed by atoms with E-state index in [-0.39, 0.29) is 11.9 Å². The van der Waals surface area contributed by atoms with E-state index in [0.29, 0.717) is 30.9 Å². The SMILES string of the molecule is COC(=O)C1CCCCN1C(=O)c1ccc(OCc2cscn2)cc1. The van der Waals surface area contributed by atoms with Crippen LogP contribution in [-0.2, 0) is 16.1 Å². The minimum Gasteiger partial charge on any atom is -0.487 e. The highest BCUT2D eigenvalue weighted by Crippen LogP contribution is 2.22. The van der Waals surface area contributed by atoms with Gasteiger partial charge < -0.3 is 14.4 Å². The van der Waals surface area contributed by atoms with Gasteiger partial charge in [0.1, 0.15) is 18.4 Å². The monoisotopic (exact) mass is 360 g/mol. The maximum absolute atomic E-state index is 12.8. The molecule has 7 heteroatoms. The quantitative estimate of drug-likeness (QED) is 0.767. The summed E-state index contributed by atoms with van der Waals surface area (Å²) in [5, 5.41) is 1.93. The highest BCUT2D eigenvalue weighted by atomic mass is 32.1. The summed E-state index contributed by atoms with van der Waals surface area (Å²) in [6, 6.07) is 6.48. The van der Waals surface area contributed by atoms with E-state index in [2.05, 4.69) is 4.98 Å². The number of amides is 1. The fourth-order valence-corrected chi connectivity index (χ4v) is 3.42. The Kier molecular flexibility index (Phi) is 5.65. The largest absolute Gasteiger partial charge is 0.487 e. The molecule has 25 heavy (non-hydrogen) atoms. The van der Waals surface area contributed by atoms with Crippen LogP contribution in [0.15, 0.2) is 35.2 Å². The molecule has 0 radical (unpaired) electrons. The van der Waals surface area contributed by atoms with Crippen molar-refractivity contribution in [2.75, 3.05) is 13.7 Å². The highest BCUT2D eigenvalue weighted by Gasteiger charge is 2.33. The maximum atomic E-state index is 12.8. The van der Waals surface area contributed by atoms with Crippen LogP contribution < -0.4 is 4.74 Å². The van der Waals surface area contributed by atoms with Crippen LogP contribution >= 0.6 is 11.3 Å². The van der Waals surface area contributed by atoms with Crippen LogP contribution in [0.2, 0.25) is 0 Å². The Morgan fingerprint density at radius 1 is 1.28 bits per heavy atom. The van der Waals surface area contributed by atoms with E-state index in [0.717, 1.165) is 18.5 Å². The van der Waals surface area contributed by atoms with Gasteiger partial charge in [-0.1, -0.05) is 0 Å². The van der Waals surface area contributed by atoms with Crippen molar-refractivity contribution in [1.82, 2.24) is 9.88 Å². The second kappa shape index (κ2) is 8.11. The molecule has 1 aromatic heterocycles. The second-order valence-corrected chi connectivity index (χ2v) is 6.54. The molecule has 0 N–H and O–H groups in total. The second-order valence-electron chi connectivity index (χ2n) is 5.83. The van der Waals surface area contributed by atoms with Gasteiger partial charge in [-0.05, 0) is 43.5 Å². The molecule has 0 saturated carbocycles. The Bertz CT molecular complexity index is 715. The Balaban J connectivity index is 1.66. The lowest BCUT2D eigenvalue weighted by molar-refractivity contribution is -0.147. The number of carbonyl (C=O) groups is 2. The third-order valence-corrected chi connectivity index (χ3v) is 4.84. The zero-order valence-electron chi connectivity index (χ0n) is 14.0. The summed E-state index contributed by atoms with van der Waals surface area (Å²) in [4.78, 5) is 30.5. The van der Waals surface area contributed by atoms with Crippen LogP contribution in [0.1, 0.15) is 35.3 Å². The minimum atomic E-state index is -0.494. The number of aromatic nitrogens is 1. The minimum absolute atomic E-state index is 0.152. The summed E-state index contributed by atoms with van der Waals surface area (Å²) < 4.78 is 10.5. The van der Waals surface area contributed by atoms with Crippen LogP contribution in [-0.4, -0.2) is 41.5 Å². The van der Waals surface area contributed by atoms with Gasteiger partial charge in [0.25, 0.3) is 5.91 Å². The van der Waals surface area contributed by atoms with Crippen molar-refractivity contribution in [3.63, 3.8) is 0 Å². The molecular formula is C18H20N2O4S. The van der Waals surface area contributed by atoms with Gasteiger partial charge in [-0.15, -0.1) is 11.3 Å². The Morgan fingerprint density at radius 2 is 2.08 bits per heavy atom. The third-order valence-electron chi connectivity index (χ3n) is 4.21. The van der Waals surface area contributed by atoms with E-state index in [1.807, 2.05) is 5.38 Å². The molecular weight excluding hydrogens is 340 g/mol. The van der Waals surface area contributed by atoms with Crippen molar-refractivity contribution >= 4 is 23.2 Å². The molecule has 6 nitrogen and oxygen atoms in total. The van der Waals surface area contributed by atoms with Gasteiger partial charge in [-0.2, -0.15) is 0 Å². The molecule has 1 aromatic carbocycles. The van der Waals surface area contributed by atoms with E-state index in [1.165, 1.54) is 18.4 Å². The summed E-state index contributed by atoms with van der Waals surface area (Å²) in [6.07, 6.45) is 2.47. The lowest BCUT2D eigenvalue weighted by Gasteiger charge is -2.33. The number of methoxy groups -OCH3 is 1. The summed E-state index contributed by atoms with van der Waals surface area (Å²) in [6.45, 7) is 0.966. The van der Waals surface area contributed by atoms with Crippen molar-refractivity contribution < 1.29 is 19.1 Å². The standard InChI is InChI=1S/C18H20N2O4S/c1-23-18(22)16-4-2-3-9-20(16)17(21)13-5-7-15(8-6-13)24-10-14-11-25-12-19-14/h5-8,11-12,16H,2-4,9-10H2,1H3. The van der Waals surface area contributed by atoms with E-state index in [1.54, 1.807) is 34.7 Å². The summed E-state index contributed by atoms with van der Waals surface area (Å²) in [5.74, 6) is 0.171. The first-order valence-electron chi connectivity index (χ1n) is 8.18. The van der Waals surface area contributed by atoms with Crippen molar-refractivity contribution in [2.24, 2.45) is 0 Å². The molecule has 2 heterocycles. The first kappa shape index (κ1) is 17.4. The third kappa shape index (κ3) is 4.17. The van der Waals surface area contributed by atoms with Gasteiger partial charge in [0.05, 0.1) is 18.3 Å². The van der Waals surface area contributed by atoms with Crippen LogP contribution in [0.4, 0.5) is 0 Å². The smallest absolute Gasteiger partial charge is 0.328 e. The number of benzene rings is 1. The number of nitrogens with zero attached hydrogens (tertiary/aromatic N) is 2. The molecule has 1 amide bonds. The summed E-state index contributed by atoms with van der Waals surface area (Å²) in [5.41, 5.74) is 3.17. The highest BCUT2D eigenvalue weighted by molar-refractivity contribution is 7.07. The van der Waals surface area contributed by atoms with Crippen molar-refractivity contribution in [3.05, 3.63) is 46.4 Å². The molecule has 0 bridgehead atoms. The van der Waals surface area contributed by atoms with Gasteiger partial charge in [0.15, 0.2) is 0 Å². The van der Waals surface area contributed by atoms with E-state index >= 15 is 0 Å². The fourth-order valence-electron chi connectivity index (χ4n) is 2.88. The molecule has 3 rings (SSSR count). The zero-order chi connectivity index (χ0) is 17.6. The predicted molar refractivity (Wildman–Crippen MR) is 93.6 cm³/mol. The van der Waals surface area contributed by atoms with Crippen LogP contribution in [0, 0.1) is 0 Å². The first-order valence-corrected chi connectivity index (χ1v) is 9.12. The van der Waals surface area contributed by atoms with Gasteiger partial charge in [-0.3, -0.25) is 4.79 Å². The van der Waals surface area contributed by atoms with Crippen molar-refractivity contribution in [3.8, 4) is 5.75 Å². The van der Waals surface area contributed by atoms with Gasteiger partial charge in [0.2, 0.25) is 0 Å². The van der Waals surface area contributed by atoms with Gasteiger partial charge >= 0.3 is 5.97 Å². The molecule has 1 aliphatic rings. The normalized spacial score (nSPS) is 17.2. The lowest BCUT2D eigenvalue weighted by Crippen LogP contribution is -2.48. The van der Waals surface area contributed by atoms with Crippen LogP contribution in [0.5, 0.6) is 5.75 Å². The Morgan fingerprint density at radius 3 is 2.76 bits per heavy atom. The number of hydrogen-bond donors (Lipinski definition) is 0. The topological polar surface area (TPSA) is 68.7 Å². The molecule has 1 fully saturated rings. The molecule has 1 atom stereocenters. The average Bonchev–Trinajstić information content (AvgIpc) is 3.19. The Hall–Kier alpha value is -2.41. The van der Waals surface area contributed by atoms with E-state index in [9.17, 15) is 9.59 Å². The van der Waals surface area contributed by atoms with E-state index in [4.69, 9.17) is 9.47 Å². The molecule has 132 valence electrons. The zero-order valence-corrected chi connectivity index (χ0v) is 14.8. The predicted octanol–water partition coefficient (Wildman–Crippen LogP) is 2.89. The first-order chi connectivity index (χ1) is 12.2. The number of likely N-dealkylation sites (tertiary alicyclic amines) is 1. The summed E-state index contributed by atoms with van der Waals surface area (Å²) in [7, 11) is 1.36. The van der Waals surface area contributed by atoms with Crippen molar-refractivity contribution in [1.29, 1.82) is 0 Å². The number of hydrogen-bond acceptors (Lipinski definition) is 6. The van der Waals surface area contributed by atoms with Gasteiger partial charge in [-0.25, -0.2) is 9.78 Å². The maximum Gasteiger partial charge on any atom is 0.328 e. The van der Waals surface area contributed by atoms with Crippen molar-refractivity contribution in [2.45, 2.75) is 31.9 Å².